The van der Waals surface area contributed by atoms with Gasteiger partial charge in [-0.1, -0.05) is 13.8 Å². The van der Waals surface area contributed by atoms with Crippen molar-refractivity contribution >= 4 is 5.91 Å². The van der Waals surface area contributed by atoms with Gasteiger partial charge < -0.3 is 9.80 Å². The second-order valence-electron chi connectivity index (χ2n) is 7.12. The Bertz CT molecular complexity index is 483. The molecule has 1 saturated heterocycles. The van der Waals surface area contributed by atoms with E-state index in [0.717, 1.165) is 37.9 Å². The number of amides is 1. The molecule has 0 saturated carbocycles. The van der Waals surface area contributed by atoms with Crippen molar-refractivity contribution in [3.63, 3.8) is 0 Å². The monoisotopic (exact) mass is 331 g/mol. The zero-order valence-corrected chi connectivity index (χ0v) is 15.6. The third-order valence-electron chi connectivity index (χ3n) is 5.26. The third-order valence-corrected chi connectivity index (χ3v) is 5.26. The summed E-state index contributed by atoms with van der Waals surface area (Å²) < 4.78 is 0. The minimum absolute atomic E-state index is 0.283. The molecule has 0 aromatic carbocycles. The molecule has 0 aliphatic carbocycles. The maximum absolute atomic E-state index is 12.9. The van der Waals surface area contributed by atoms with Crippen molar-refractivity contribution in [2.75, 3.05) is 19.6 Å². The summed E-state index contributed by atoms with van der Waals surface area (Å²) in [4.78, 5) is 21.6. The largest absolute Gasteiger partial charge is 0.336 e. The summed E-state index contributed by atoms with van der Waals surface area (Å²) in [5.41, 5.74) is 1.16. The molecule has 134 valence electrons. The van der Waals surface area contributed by atoms with Crippen LogP contribution in [0, 0.1) is 5.92 Å². The summed E-state index contributed by atoms with van der Waals surface area (Å²) >= 11 is 0. The van der Waals surface area contributed by atoms with Gasteiger partial charge in [0, 0.05) is 31.4 Å². The van der Waals surface area contributed by atoms with E-state index < -0.39 is 0 Å². The zero-order valence-electron chi connectivity index (χ0n) is 15.6. The minimum atomic E-state index is 0.283. The second-order valence-corrected chi connectivity index (χ2v) is 7.12. The van der Waals surface area contributed by atoms with Crippen molar-refractivity contribution in [2.24, 2.45) is 5.92 Å². The van der Waals surface area contributed by atoms with E-state index in [9.17, 15) is 4.79 Å². The number of rotatable bonds is 8. The molecule has 0 spiro atoms. The first-order valence-corrected chi connectivity index (χ1v) is 9.54. The first-order chi connectivity index (χ1) is 11.6. The maximum Gasteiger partial charge on any atom is 0.223 e. The molecule has 4 heteroatoms. The van der Waals surface area contributed by atoms with Gasteiger partial charge in [0.25, 0.3) is 0 Å². The first-order valence-electron chi connectivity index (χ1n) is 9.54. The zero-order chi connectivity index (χ0) is 17.4. The number of pyridine rings is 1. The first kappa shape index (κ1) is 18.9. The summed E-state index contributed by atoms with van der Waals surface area (Å²) in [6, 6.07) is 4.29. The molecule has 4 nitrogen and oxygen atoms in total. The highest BCUT2D eigenvalue weighted by molar-refractivity contribution is 5.76. The number of nitrogens with zero attached hydrogens (tertiary/aromatic N) is 3. The van der Waals surface area contributed by atoms with Crippen LogP contribution < -0.4 is 0 Å². The van der Waals surface area contributed by atoms with E-state index in [4.69, 9.17) is 0 Å². The summed E-state index contributed by atoms with van der Waals surface area (Å²) in [6.45, 7) is 10.7. The van der Waals surface area contributed by atoms with Gasteiger partial charge in [-0.3, -0.25) is 9.78 Å². The van der Waals surface area contributed by atoms with Gasteiger partial charge in [-0.2, -0.15) is 0 Å². The molecule has 0 bridgehead atoms. The van der Waals surface area contributed by atoms with Crippen molar-refractivity contribution in [2.45, 2.75) is 65.5 Å². The van der Waals surface area contributed by atoms with Crippen molar-refractivity contribution in [3.8, 4) is 0 Å². The van der Waals surface area contributed by atoms with E-state index >= 15 is 0 Å². The molecule has 1 amide bonds. The highest BCUT2D eigenvalue weighted by Gasteiger charge is 2.25. The van der Waals surface area contributed by atoms with Crippen LogP contribution in [-0.4, -0.2) is 46.4 Å². The Morgan fingerprint density at radius 1 is 1.29 bits per heavy atom. The summed E-state index contributed by atoms with van der Waals surface area (Å²) in [5, 5.41) is 0. The van der Waals surface area contributed by atoms with Crippen LogP contribution in [0.5, 0.6) is 0 Å². The number of hydrogen-bond acceptors (Lipinski definition) is 3. The van der Waals surface area contributed by atoms with Gasteiger partial charge in [-0.05, 0) is 75.9 Å². The molecule has 0 N–H and O–H groups in total. The predicted molar refractivity (Wildman–Crippen MR) is 98.6 cm³/mol. The lowest BCUT2D eigenvalue weighted by Gasteiger charge is -2.34. The standard InChI is InChI=1S/C20H33N3O/c1-4-12-22-13-8-18(9-14-22)15-20(24)23(17(3)5-2)16-19-6-10-21-11-7-19/h6-7,10-11,17-18H,4-5,8-9,12-16H2,1-3H3/t17-/m0/s1. The Hall–Kier alpha value is -1.42. The SMILES string of the molecule is CCCN1CCC(CC(=O)N(Cc2ccncc2)[C@@H](C)CC)CC1. The lowest BCUT2D eigenvalue weighted by atomic mass is 9.92. The van der Waals surface area contributed by atoms with Gasteiger partial charge in [0.1, 0.15) is 0 Å². The summed E-state index contributed by atoms with van der Waals surface area (Å²) in [5.74, 6) is 0.865. The summed E-state index contributed by atoms with van der Waals surface area (Å²) in [6.07, 6.45) is 8.85. The van der Waals surface area contributed by atoms with E-state index in [0.29, 0.717) is 24.8 Å². The third kappa shape index (κ3) is 5.59. The Morgan fingerprint density at radius 2 is 1.96 bits per heavy atom. The lowest BCUT2D eigenvalue weighted by Crippen LogP contribution is -2.40. The fourth-order valence-electron chi connectivity index (χ4n) is 3.49. The van der Waals surface area contributed by atoms with Crippen LogP contribution >= 0.6 is 0 Å². The fraction of sp³-hybridized carbons (Fsp3) is 0.700. The van der Waals surface area contributed by atoms with E-state index in [1.807, 2.05) is 12.1 Å². The van der Waals surface area contributed by atoms with Crippen LogP contribution in [0.1, 0.15) is 58.4 Å². The van der Waals surface area contributed by atoms with Crippen molar-refractivity contribution in [1.82, 2.24) is 14.8 Å². The number of carbonyl (C=O) groups excluding carboxylic acids is 1. The van der Waals surface area contributed by atoms with Crippen LogP contribution in [0.4, 0.5) is 0 Å². The van der Waals surface area contributed by atoms with Crippen molar-refractivity contribution in [3.05, 3.63) is 30.1 Å². The molecular formula is C20H33N3O. The van der Waals surface area contributed by atoms with E-state index in [-0.39, 0.29) is 6.04 Å². The van der Waals surface area contributed by atoms with Crippen LogP contribution in [0.3, 0.4) is 0 Å². The number of carbonyl (C=O) groups is 1. The average molecular weight is 332 g/mol. The molecule has 2 heterocycles. The molecule has 1 aromatic rings. The minimum Gasteiger partial charge on any atom is -0.336 e. The van der Waals surface area contributed by atoms with E-state index in [1.54, 1.807) is 12.4 Å². The van der Waals surface area contributed by atoms with Crippen LogP contribution in [0.15, 0.2) is 24.5 Å². The molecule has 1 atom stereocenters. The number of likely N-dealkylation sites (tertiary alicyclic amines) is 1. The van der Waals surface area contributed by atoms with E-state index in [1.165, 1.54) is 13.0 Å². The highest BCUT2D eigenvalue weighted by Crippen LogP contribution is 2.23. The molecule has 1 aliphatic rings. The van der Waals surface area contributed by atoms with Crippen molar-refractivity contribution < 1.29 is 4.79 Å². The maximum atomic E-state index is 12.9. The number of piperidine rings is 1. The van der Waals surface area contributed by atoms with Gasteiger partial charge in [-0.25, -0.2) is 0 Å². The normalized spacial score (nSPS) is 17.6. The average Bonchev–Trinajstić information content (AvgIpc) is 2.61. The molecule has 1 fully saturated rings. The molecule has 2 rings (SSSR count). The summed E-state index contributed by atoms with van der Waals surface area (Å²) in [7, 11) is 0. The van der Waals surface area contributed by atoms with Gasteiger partial charge in [-0.15, -0.1) is 0 Å². The molecule has 0 unspecified atom stereocenters. The fourth-order valence-corrected chi connectivity index (χ4v) is 3.49. The Balaban J connectivity index is 1.91. The van der Waals surface area contributed by atoms with Gasteiger partial charge in [0.15, 0.2) is 0 Å². The van der Waals surface area contributed by atoms with Crippen LogP contribution in [-0.2, 0) is 11.3 Å². The number of hydrogen-bond donors (Lipinski definition) is 0. The van der Waals surface area contributed by atoms with Gasteiger partial charge in [0.05, 0.1) is 0 Å². The Kier molecular flexibility index (Phi) is 7.70. The molecule has 0 radical (unpaired) electrons. The molecule has 1 aromatic heterocycles. The Labute approximate surface area is 147 Å². The quantitative estimate of drug-likeness (QED) is 0.728. The second kappa shape index (κ2) is 9.77. The lowest BCUT2D eigenvalue weighted by molar-refractivity contribution is -0.135. The van der Waals surface area contributed by atoms with Gasteiger partial charge in [0.2, 0.25) is 5.91 Å². The van der Waals surface area contributed by atoms with Crippen LogP contribution in [0.2, 0.25) is 0 Å². The molecular weight excluding hydrogens is 298 g/mol. The van der Waals surface area contributed by atoms with Crippen LogP contribution in [0.25, 0.3) is 0 Å². The highest BCUT2D eigenvalue weighted by atomic mass is 16.2. The smallest absolute Gasteiger partial charge is 0.223 e. The topological polar surface area (TPSA) is 36.4 Å². The van der Waals surface area contributed by atoms with E-state index in [2.05, 4.69) is 35.6 Å². The predicted octanol–water partition coefficient (Wildman–Crippen LogP) is 3.72. The molecule has 1 aliphatic heterocycles. The van der Waals surface area contributed by atoms with Crippen molar-refractivity contribution in [1.29, 1.82) is 0 Å². The van der Waals surface area contributed by atoms with Gasteiger partial charge >= 0.3 is 0 Å². The molecule has 24 heavy (non-hydrogen) atoms. The number of aromatic nitrogens is 1. The Morgan fingerprint density at radius 3 is 2.54 bits per heavy atom.